The lowest BCUT2D eigenvalue weighted by Gasteiger charge is -2.31. The van der Waals surface area contributed by atoms with E-state index < -0.39 is 23.0 Å². The molecule has 2 aliphatic rings. The Labute approximate surface area is 153 Å². The lowest BCUT2D eigenvalue weighted by Crippen LogP contribution is -2.42. The summed E-state index contributed by atoms with van der Waals surface area (Å²) >= 11 is 0. The summed E-state index contributed by atoms with van der Waals surface area (Å²) < 4.78 is 48.5. The number of aromatic nitrogens is 4. The van der Waals surface area contributed by atoms with Crippen LogP contribution in [-0.2, 0) is 12.1 Å². The van der Waals surface area contributed by atoms with Crippen molar-refractivity contribution in [3.05, 3.63) is 18.1 Å². The van der Waals surface area contributed by atoms with Gasteiger partial charge < -0.3 is 14.4 Å². The van der Waals surface area contributed by atoms with Gasteiger partial charge in [-0.3, -0.25) is 4.68 Å². The number of nitrogens with zero attached hydrogens (tertiary/aromatic N) is 5. The quantitative estimate of drug-likeness (QED) is 0.880. The van der Waals surface area contributed by atoms with Gasteiger partial charge in [0.25, 0.3) is 0 Å². The van der Waals surface area contributed by atoms with E-state index in [-0.39, 0.29) is 12.6 Å². The Hall–Kier alpha value is -2.54. The molecule has 0 spiro atoms. The molecule has 1 unspecified atom stereocenters. The molecule has 0 radical (unpaired) electrons. The smallest absolute Gasteiger partial charge is 0.424 e. The third-order valence-corrected chi connectivity index (χ3v) is 5.27. The molecule has 0 aromatic carbocycles. The van der Waals surface area contributed by atoms with Gasteiger partial charge in [-0.05, 0) is 26.7 Å². The molecule has 10 heteroatoms. The maximum atomic E-state index is 13.3. The highest BCUT2D eigenvalue weighted by Crippen LogP contribution is 2.45. The van der Waals surface area contributed by atoms with Crippen LogP contribution in [-0.4, -0.2) is 37.2 Å². The van der Waals surface area contributed by atoms with Crippen molar-refractivity contribution < 1.29 is 23.0 Å². The molecule has 4 rings (SSSR count). The lowest BCUT2D eigenvalue weighted by atomic mass is 10.0. The second-order valence-electron chi connectivity index (χ2n) is 7.49. The number of rotatable bonds is 4. The highest BCUT2D eigenvalue weighted by atomic mass is 19.4. The molecule has 7 nitrogen and oxygen atoms in total. The van der Waals surface area contributed by atoms with E-state index in [0.29, 0.717) is 30.7 Å². The van der Waals surface area contributed by atoms with E-state index in [1.807, 2.05) is 0 Å². The van der Waals surface area contributed by atoms with Gasteiger partial charge in [0.05, 0.1) is 41.7 Å². The molecule has 1 saturated carbocycles. The summed E-state index contributed by atoms with van der Waals surface area (Å²) in [5.41, 5.74) is -2.53. The molecule has 144 valence electrons. The SMILES string of the molecule is C[C@H]1Cn2nc(OCC3(C#N)CC3)cc2-c2cnc(C(C)(O)C(F)(F)F)n21. The number of alkyl halides is 3. The van der Waals surface area contributed by atoms with Crippen LogP contribution in [0.1, 0.15) is 38.6 Å². The largest absolute Gasteiger partial charge is 0.475 e. The number of hydrogen-bond donors (Lipinski definition) is 1. The monoisotopic (exact) mass is 381 g/mol. The number of halogens is 3. The first-order valence-corrected chi connectivity index (χ1v) is 8.57. The topological polar surface area (TPSA) is 88.9 Å². The van der Waals surface area contributed by atoms with E-state index in [0.717, 1.165) is 12.8 Å². The minimum absolute atomic E-state index is 0.239. The summed E-state index contributed by atoms with van der Waals surface area (Å²) in [6.45, 7) is 2.99. The maximum absolute atomic E-state index is 13.3. The van der Waals surface area contributed by atoms with Crippen molar-refractivity contribution in [3.63, 3.8) is 0 Å². The van der Waals surface area contributed by atoms with Crippen LogP contribution < -0.4 is 4.74 Å². The molecule has 1 aliphatic carbocycles. The Bertz CT molecular complexity index is 933. The predicted molar refractivity (Wildman–Crippen MR) is 86.6 cm³/mol. The van der Waals surface area contributed by atoms with Crippen molar-refractivity contribution in [2.75, 3.05) is 6.61 Å². The molecule has 27 heavy (non-hydrogen) atoms. The fourth-order valence-electron chi connectivity index (χ4n) is 3.28. The highest BCUT2D eigenvalue weighted by molar-refractivity contribution is 5.58. The first-order chi connectivity index (χ1) is 12.6. The standard InChI is InChI=1S/C17H18F3N5O2/c1-10-7-24-11(5-13(23-24)27-9-16(8-21)3-4-16)12-6-22-14(25(10)12)15(2,26)17(18,19)20/h5-6,10,26H,3-4,7,9H2,1-2H3/t10-,15?/m0/s1. The Balaban J connectivity index is 1.68. The number of aliphatic hydroxyl groups is 1. The van der Waals surface area contributed by atoms with Crippen molar-refractivity contribution in [2.24, 2.45) is 5.41 Å². The van der Waals surface area contributed by atoms with Gasteiger partial charge in [-0.2, -0.15) is 18.4 Å². The van der Waals surface area contributed by atoms with Crippen LogP contribution in [0.25, 0.3) is 11.4 Å². The van der Waals surface area contributed by atoms with Crippen molar-refractivity contribution in [3.8, 4) is 23.3 Å². The highest BCUT2D eigenvalue weighted by Gasteiger charge is 2.55. The van der Waals surface area contributed by atoms with Crippen LogP contribution in [0, 0.1) is 16.7 Å². The van der Waals surface area contributed by atoms with E-state index >= 15 is 0 Å². The second-order valence-corrected chi connectivity index (χ2v) is 7.49. The summed E-state index contributed by atoms with van der Waals surface area (Å²) in [4.78, 5) is 3.87. The van der Waals surface area contributed by atoms with Gasteiger partial charge in [0.15, 0.2) is 5.82 Å². The van der Waals surface area contributed by atoms with Crippen molar-refractivity contribution in [1.29, 1.82) is 5.26 Å². The minimum Gasteiger partial charge on any atom is -0.475 e. The van der Waals surface area contributed by atoms with Gasteiger partial charge >= 0.3 is 6.18 Å². The molecule has 0 bridgehead atoms. The van der Waals surface area contributed by atoms with Gasteiger partial charge in [-0.25, -0.2) is 4.98 Å². The molecular weight excluding hydrogens is 363 g/mol. The van der Waals surface area contributed by atoms with Gasteiger partial charge in [0.1, 0.15) is 6.61 Å². The molecule has 2 aromatic heterocycles. The summed E-state index contributed by atoms with van der Waals surface area (Å²) in [6, 6.07) is 3.47. The molecule has 2 atom stereocenters. The van der Waals surface area contributed by atoms with Gasteiger partial charge in [-0.1, -0.05) is 0 Å². The summed E-state index contributed by atoms with van der Waals surface area (Å²) in [6.07, 6.45) is -1.97. The Morgan fingerprint density at radius 2 is 2.11 bits per heavy atom. The molecule has 1 N–H and O–H groups in total. The Morgan fingerprint density at radius 3 is 2.70 bits per heavy atom. The summed E-state index contributed by atoms with van der Waals surface area (Å²) in [5.74, 6) is -0.133. The Morgan fingerprint density at radius 1 is 1.41 bits per heavy atom. The molecule has 3 heterocycles. The van der Waals surface area contributed by atoms with Gasteiger partial charge in [0.2, 0.25) is 11.5 Å². The minimum atomic E-state index is -4.85. The normalized spacial score (nSPS) is 22.3. The van der Waals surface area contributed by atoms with Crippen LogP contribution in [0.4, 0.5) is 13.2 Å². The van der Waals surface area contributed by atoms with Crippen molar-refractivity contribution in [2.45, 2.75) is 51.1 Å². The van der Waals surface area contributed by atoms with Gasteiger partial charge in [-0.15, -0.1) is 5.10 Å². The number of nitriles is 1. The van der Waals surface area contributed by atoms with Crippen molar-refractivity contribution >= 4 is 0 Å². The molecular formula is C17H18F3N5O2. The maximum Gasteiger partial charge on any atom is 0.424 e. The lowest BCUT2D eigenvalue weighted by molar-refractivity contribution is -0.262. The second kappa shape index (κ2) is 5.48. The predicted octanol–water partition coefficient (Wildman–Crippen LogP) is 2.77. The zero-order chi connectivity index (χ0) is 19.6. The van der Waals surface area contributed by atoms with Crippen LogP contribution in [0.2, 0.25) is 0 Å². The van der Waals surface area contributed by atoms with Crippen LogP contribution in [0.15, 0.2) is 12.3 Å². The third kappa shape index (κ3) is 2.68. The third-order valence-electron chi connectivity index (χ3n) is 5.27. The fraction of sp³-hybridized carbons (Fsp3) is 0.588. The van der Waals surface area contributed by atoms with E-state index in [9.17, 15) is 18.3 Å². The van der Waals surface area contributed by atoms with E-state index in [1.54, 1.807) is 17.7 Å². The van der Waals surface area contributed by atoms with Crippen LogP contribution >= 0.6 is 0 Å². The molecule has 0 amide bonds. The zero-order valence-corrected chi connectivity index (χ0v) is 14.8. The van der Waals surface area contributed by atoms with E-state index in [1.165, 1.54) is 10.8 Å². The van der Waals surface area contributed by atoms with Crippen LogP contribution in [0.3, 0.4) is 0 Å². The molecule has 1 aliphatic heterocycles. The Kier molecular flexibility index (Phi) is 3.63. The van der Waals surface area contributed by atoms with E-state index in [2.05, 4.69) is 16.2 Å². The molecule has 2 aromatic rings. The number of ether oxygens (including phenoxy) is 1. The summed E-state index contributed by atoms with van der Waals surface area (Å²) in [5, 5.41) is 23.5. The van der Waals surface area contributed by atoms with E-state index in [4.69, 9.17) is 10.00 Å². The zero-order valence-electron chi connectivity index (χ0n) is 14.8. The number of imidazole rings is 1. The number of fused-ring (bicyclic) bond motifs is 3. The van der Waals surface area contributed by atoms with Gasteiger partial charge in [0, 0.05) is 6.07 Å². The first-order valence-electron chi connectivity index (χ1n) is 8.57. The van der Waals surface area contributed by atoms with Crippen LogP contribution in [0.5, 0.6) is 5.88 Å². The average molecular weight is 381 g/mol. The average Bonchev–Trinajstić information content (AvgIpc) is 3.02. The fourth-order valence-corrected chi connectivity index (χ4v) is 3.28. The first kappa shape index (κ1) is 17.9. The molecule has 1 fully saturated rings. The van der Waals surface area contributed by atoms with Crippen molar-refractivity contribution in [1.82, 2.24) is 19.3 Å². The number of hydrogen-bond acceptors (Lipinski definition) is 5. The summed E-state index contributed by atoms with van der Waals surface area (Å²) in [7, 11) is 0. The molecule has 0 saturated heterocycles.